The first-order valence-corrected chi connectivity index (χ1v) is 4.87. The molecule has 0 amide bonds. The van der Waals surface area contributed by atoms with E-state index in [1.165, 1.54) is 6.08 Å². The number of carbonyl (C=O) groups is 1. The van der Waals surface area contributed by atoms with Gasteiger partial charge in [-0.1, -0.05) is 27.2 Å². The van der Waals surface area contributed by atoms with E-state index in [1.807, 2.05) is 20.8 Å². The summed E-state index contributed by atoms with van der Waals surface area (Å²) in [6.45, 7) is 6.03. The molecule has 0 N–H and O–H groups in total. The summed E-state index contributed by atoms with van der Waals surface area (Å²) in [4.78, 5) is 24.8. The number of unbranched alkanes of at least 4 members (excludes halogenated alkanes) is 1. The van der Waals surface area contributed by atoms with Crippen molar-refractivity contribution in [3.8, 4) is 0 Å². The highest BCUT2D eigenvalue weighted by Crippen LogP contribution is 2.08. The van der Waals surface area contributed by atoms with Gasteiger partial charge in [-0.25, -0.2) is 9.59 Å². The van der Waals surface area contributed by atoms with Gasteiger partial charge in [0.2, 0.25) is 6.08 Å². The van der Waals surface area contributed by atoms with Crippen LogP contribution in [0.5, 0.6) is 0 Å². The first-order chi connectivity index (χ1) is 6.63. The maximum Gasteiger partial charge on any atom is 0.332 e. The Hall–Kier alpha value is -1.15. The number of carbonyl (C=O) groups excluding carboxylic acids is 2. The molecule has 0 saturated heterocycles. The van der Waals surface area contributed by atoms with Crippen molar-refractivity contribution >= 4 is 12.0 Å². The van der Waals surface area contributed by atoms with Crippen LogP contribution < -0.4 is 0 Å². The molecule has 0 fully saturated rings. The highest BCUT2D eigenvalue weighted by molar-refractivity contribution is 5.77. The smallest absolute Gasteiger partial charge is 0.332 e. The van der Waals surface area contributed by atoms with Crippen molar-refractivity contribution in [1.29, 1.82) is 0 Å². The number of hydrogen-bond donors (Lipinski definition) is 0. The summed E-state index contributed by atoms with van der Waals surface area (Å²) in [7, 11) is 0. The van der Waals surface area contributed by atoms with E-state index in [2.05, 4.69) is 4.99 Å². The summed E-state index contributed by atoms with van der Waals surface area (Å²) in [6.07, 6.45) is 3.20. The zero-order valence-corrected chi connectivity index (χ0v) is 8.95. The largest absolute Gasteiger partial charge is 0.464 e. The van der Waals surface area contributed by atoms with Crippen molar-refractivity contribution in [3.05, 3.63) is 0 Å². The van der Waals surface area contributed by atoms with Gasteiger partial charge in [-0.3, -0.25) is 0 Å². The van der Waals surface area contributed by atoms with Crippen molar-refractivity contribution in [2.45, 2.75) is 39.7 Å². The molecule has 0 bridgehead atoms. The molecule has 0 saturated carbocycles. The average molecular weight is 199 g/mol. The minimum Gasteiger partial charge on any atom is -0.464 e. The molecule has 1 unspecified atom stereocenters. The van der Waals surface area contributed by atoms with Crippen molar-refractivity contribution in [2.24, 2.45) is 10.9 Å². The minimum atomic E-state index is -0.704. The highest BCUT2D eigenvalue weighted by atomic mass is 16.5. The predicted molar refractivity (Wildman–Crippen MR) is 52.6 cm³/mol. The zero-order chi connectivity index (χ0) is 11.0. The van der Waals surface area contributed by atoms with Gasteiger partial charge in [0.15, 0.2) is 6.04 Å². The van der Waals surface area contributed by atoms with Gasteiger partial charge in [-0.2, -0.15) is 4.99 Å². The van der Waals surface area contributed by atoms with Gasteiger partial charge in [-0.05, 0) is 12.3 Å². The molecule has 0 aromatic heterocycles. The lowest BCUT2D eigenvalue weighted by Crippen LogP contribution is -2.27. The number of rotatable bonds is 6. The molecule has 0 heterocycles. The zero-order valence-electron chi connectivity index (χ0n) is 8.95. The first kappa shape index (κ1) is 12.8. The van der Waals surface area contributed by atoms with Crippen LogP contribution in [-0.4, -0.2) is 24.7 Å². The monoisotopic (exact) mass is 199 g/mol. The van der Waals surface area contributed by atoms with Gasteiger partial charge in [-0.15, -0.1) is 0 Å². The van der Waals surface area contributed by atoms with Crippen molar-refractivity contribution in [3.63, 3.8) is 0 Å². The molecule has 0 aliphatic heterocycles. The second-order valence-electron chi connectivity index (χ2n) is 3.43. The fraction of sp³-hybridized carbons (Fsp3) is 0.800. The lowest BCUT2D eigenvalue weighted by atomic mass is 10.1. The number of aliphatic imine (C=N–C) groups is 1. The van der Waals surface area contributed by atoms with Crippen LogP contribution >= 0.6 is 0 Å². The molecule has 4 heteroatoms. The van der Waals surface area contributed by atoms with Crippen LogP contribution in [0.3, 0.4) is 0 Å². The van der Waals surface area contributed by atoms with Crippen LogP contribution in [0.1, 0.15) is 33.6 Å². The Morgan fingerprint density at radius 2 is 2.14 bits per heavy atom. The maximum atomic E-state index is 11.4. The van der Waals surface area contributed by atoms with E-state index >= 15 is 0 Å². The number of hydrogen-bond acceptors (Lipinski definition) is 4. The highest BCUT2D eigenvalue weighted by Gasteiger charge is 2.22. The number of esters is 1. The predicted octanol–water partition coefficient (Wildman–Crippen LogP) is 1.69. The summed E-state index contributed by atoms with van der Waals surface area (Å²) in [6, 6.07) is -0.704. The Morgan fingerprint density at radius 1 is 1.50 bits per heavy atom. The molecule has 14 heavy (non-hydrogen) atoms. The van der Waals surface area contributed by atoms with Crippen LogP contribution in [0.15, 0.2) is 4.99 Å². The van der Waals surface area contributed by atoms with E-state index in [-0.39, 0.29) is 5.92 Å². The molecule has 1 atom stereocenters. The van der Waals surface area contributed by atoms with E-state index in [0.29, 0.717) is 6.61 Å². The van der Waals surface area contributed by atoms with Gasteiger partial charge < -0.3 is 4.74 Å². The van der Waals surface area contributed by atoms with E-state index in [9.17, 15) is 9.59 Å². The fourth-order valence-corrected chi connectivity index (χ4v) is 0.933. The lowest BCUT2D eigenvalue weighted by molar-refractivity contribution is -0.146. The third-order valence-electron chi connectivity index (χ3n) is 1.81. The van der Waals surface area contributed by atoms with Gasteiger partial charge in [0.05, 0.1) is 6.61 Å². The number of nitrogens with zero attached hydrogens (tertiary/aromatic N) is 1. The topological polar surface area (TPSA) is 55.7 Å². The Bertz CT molecular complexity index is 219. The Kier molecular flexibility index (Phi) is 6.68. The Morgan fingerprint density at radius 3 is 2.57 bits per heavy atom. The van der Waals surface area contributed by atoms with E-state index in [4.69, 9.17) is 4.74 Å². The molecule has 0 rings (SSSR count). The summed E-state index contributed by atoms with van der Waals surface area (Å²) >= 11 is 0. The molecular formula is C10H17NO3. The summed E-state index contributed by atoms with van der Waals surface area (Å²) in [5, 5.41) is 0. The van der Waals surface area contributed by atoms with Crippen LogP contribution in [0, 0.1) is 5.92 Å². The average Bonchev–Trinajstić information content (AvgIpc) is 2.13. The summed E-state index contributed by atoms with van der Waals surface area (Å²) in [5.41, 5.74) is 0. The van der Waals surface area contributed by atoms with Crippen molar-refractivity contribution in [1.82, 2.24) is 0 Å². The molecular weight excluding hydrogens is 182 g/mol. The quantitative estimate of drug-likeness (QED) is 0.283. The summed E-state index contributed by atoms with van der Waals surface area (Å²) in [5.74, 6) is -0.470. The Labute approximate surface area is 84.4 Å². The molecule has 0 aromatic rings. The molecule has 0 aliphatic carbocycles. The molecule has 0 radical (unpaired) electrons. The van der Waals surface area contributed by atoms with E-state index in [0.717, 1.165) is 12.8 Å². The van der Waals surface area contributed by atoms with Gasteiger partial charge in [0, 0.05) is 0 Å². The minimum absolute atomic E-state index is 0.0365. The molecule has 80 valence electrons. The standard InChI is InChI=1S/C10H17NO3/c1-4-5-6-14-10(13)9(8(2)3)11-7-12/h8-9H,4-6H2,1-3H3. The second-order valence-corrected chi connectivity index (χ2v) is 3.43. The number of ether oxygens (including phenoxy) is 1. The third-order valence-corrected chi connectivity index (χ3v) is 1.81. The van der Waals surface area contributed by atoms with E-state index in [1.54, 1.807) is 0 Å². The van der Waals surface area contributed by atoms with Crippen molar-refractivity contribution in [2.75, 3.05) is 6.61 Å². The van der Waals surface area contributed by atoms with E-state index < -0.39 is 12.0 Å². The SMILES string of the molecule is CCCCOC(=O)C(N=C=O)C(C)C. The molecule has 0 spiro atoms. The van der Waals surface area contributed by atoms with Crippen LogP contribution in [0.2, 0.25) is 0 Å². The van der Waals surface area contributed by atoms with Crippen molar-refractivity contribution < 1.29 is 14.3 Å². The fourth-order valence-electron chi connectivity index (χ4n) is 0.933. The maximum absolute atomic E-state index is 11.4. The Balaban J connectivity index is 4.09. The van der Waals surface area contributed by atoms with Gasteiger partial charge >= 0.3 is 5.97 Å². The first-order valence-electron chi connectivity index (χ1n) is 4.87. The van der Waals surface area contributed by atoms with Gasteiger partial charge in [0.25, 0.3) is 0 Å². The van der Waals surface area contributed by atoms with Gasteiger partial charge in [0.1, 0.15) is 0 Å². The van der Waals surface area contributed by atoms with Crippen LogP contribution in [0.25, 0.3) is 0 Å². The third kappa shape index (κ3) is 4.77. The van der Waals surface area contributed by atoms with Crippen LogP contribution in [0.4, 0.5) is 0 Å². The lowest BCUT2D eigenvalue weighted by Gasteiger charge is -2.13. The number of isocyanates is 1. The second kappa shape index (κ2) is 7.27. The molecule has 4 nitrogen and oxygen atoms in total. The molecule has 0 aliphatic rings. The normalized spacial score (nSPS) is 12.0. The van der Waals surface area contributed by atoms with Crippen LogP contribution in [-0.2, 0) is 14.3 Å². The molecule has 0 aromatic carbocycles. The summed E-state index contributed by atoms with van der Waals surface area (Å²) < 4.78 is 4.95.